The second-order valence-electron chi connectivity index (χ2n) is 4.21. The van der Waals surface area contributed by atoms with E-state index in [1.165, 1.54) is 12.1 Å². The first-order valence-electron chi connectivity index (χ1n) is 6.08. The molecule has 7 heteroatoms. The third kappa shape index (κ3) is 3.08. The number of nitrogens with zero attached hydrogens (tertiary/aromatic N) is 1. The van der Waals surface area contributed by atoms with E-state index < -0.39 is 10.8 Å². The van der Waals surface area contributed by atoms with Crippen molar-refractivity contribution in [3.05, 3.63) is 58.1 Å². The lowest BCUT2D eigenvalue weighted by atomic mass is 10.1. The number of phenolic OH excluding ortho intramolecular Hbond substituents is 1. The number of carbonyl (C=O) groups excluding carboxylic acids is 1. The number of nitrogens with one attached hydrogen (secondary N) is 2. The van der Waals surface area contributed by atoms with E-state index in [1.54, 1.807) is 31.3 Å². The van der Waals surface area contributed by atoms with Crippen LogP contribution in [0.15, 0.2) is 42.5 Å². The van der Waals surface area contributed by atoms with E-state index in [0.717, 1.165) is 6.07 Å². The number of non-ortho nitro benzene ring substituents is 1. The maximum absolute atomic E-state index is 12.2. The molecule has 0 radical (unpaired) electrons. The molecule has 0 aliphatic heterocycles. The van der Waals surface area contributed by atoms with Crippen molar-refractivity contribution in [3.8, 4) is 5.75 Å². The van der Waals surface area contributed by atoms with Crippen molar-refractivity contribution in [1.29, 1.82) is 0 Å². The van der Waals surface area contributed by atoms with Crippen LogP contribution >= 0.6 is 0 Å². The molecule has 0 saturated heterocycles. The van der Waals surface area contributed by atoms with Crippen LogP contribution in [0.2, 0.25) is 0 Å². The summed E-state index contributed by atoms with van der Waals surface area (Å²) in [6.07, 6.45) is 0. The van der Waals surface area contributed by atoms with E-state index >= 15 is 0 Å². The predicted octanol–water partition coefficient (Wildman–Crippen LogP) is 2.59. The predicted molar refractivity (Wildman–Crippen MR) is 78.7 cm³/mol. The Balaban J connectivity index is 2.26. The van der Waals surface area contributed by atoms with Crippen LogP contribution in [0.1, 0.15) is 10.4 Å². The minimum atomic E-state index is -0.623. The van der Waals surface area contributed by atoms with Gasteiger partial charge in [-0.05, 0) is 18.2 Å². The molecule has 0 saturated carbocycles. The molecule has 0 aliphatic rings. The number of amides is 1. The lowest BCUT2D eigenvalue weighted by molar-refractivity contribution is -0.384. The van der Waals surface area contributed by atoms with Crippen LogP contribution in [0.5, 0.6) is 5.75 Å². The average Bonchev–Trinajstić information content (AvgIpc) is 2.48. The van der Waals surface area contributed by atoms with Crippen LogP contribution in [0.3, 0.4) is 0 Å². The van der Waals surface area contributed by atoms with Gasteiger partial charge in [0.1, 0.15) is 5.75 Å². The highest BCUT2D eigenvalue weighted by Gasteiger charge is 2.14. The molecular weight excluding hydrogens is 274 g/mol. The molecule has 0 fully saturated rings. The van der Waals surface area contributed by atoms with E-state index in [2.05, 4.69) is 10.6 Å². The molecule has 2 aromatic rings. The second-order valence-corrected chi connectivity index (χ2v) is 4.21. The zero-order valence-corrected chi connectivity index (χ0v) is 11.2. The molecule has 0 bridgehead atoms. The van der Waals surface area contributed by atoms with Crippen molar-refractivity contribution in [2.24, 2.45) is 0 Å². The van der Waals surface area contributed by atoms with E-state index in [9.17, 15) is 20.0 Å². The minimum Gasteiger partial charge on any atom is -0.506 e. The van der Waals surface area contributed by atoms with Crippen LogP contribution in [0, 0.1) is 10.1 Å². The van der Waals surface area contributed by atoms with Gasteiger partial charge >= 0.3 is 0 Å². The maximum Gasteiger partial charge on any atom is 0.273 e. The van der Waals surface area contributed by atoms with Gasteiger partial charge in [0.2, 0.25) is 0 Å². The summed E-state index contributed by atoms with van der Waals surface area (Å²) < 4.78 is 0. The van der Waals surface area contributed by atoms with Crippen LogP contribution in [-0.4, -0.2) is 23.0 Å². The fourth-order valence-corrected chi connectivity index (χ4v) is 1.83. The summed E-state index contributed by atoms with van der Waals surface area (Å²) in [6.45, 7) is 0. The number of carbonyl (C=O) groups is 1. The molecule has 2 rings (SSSR count). The highest BCUT2D eigenvalue weighted by Crippen LogP contribution is 2.28. The van der Waals surface area contributed by atoms with E-state index in [0.29, 0.717) is 11.3 Å². The number of hydrogen-bond acceptors (Lipinski definition) is 5. The Hall–Kier alpha value is -3.09. The Morgan fingerprint density at radius 1 is 1.19 bits per heavy atom. The van der Waals surface area contributed by atoms with Crippen LogP contribution in [0.4, 0.5) is 17.1 Å². The molecule has 108 valence electrons. The summed E-state index contributed by atoms with van der Waals surface area (Å²) in [7, 11) is 1.69. The first-order chi connectivity index (χ1) is 10.0. The molecule has 0 heterocycles. The third-order valence-electron chi connectivity index (χ3n) is 2.88. The number of anilines is 2. The number of phenols is 1. The van der Waals surface area contributed by atoms with E-state index in [4.69, 9.17) is 0 Å². The summed E-state index contributed by atoms with van der Waals surface area (Å²) in [5.74, 6) is -0.788. The number of para-hydroxylation sites is 1. The van der Waals surface area contributed by atoms with Crippen molar-refractivity contribution < 1.29 is 14.8 Å². The topological polar surface area (TPSA) is 104 Å². The van der Waals surface area contributed by atoms with Gasteiger partial charge in [-0.2, -0.15) is 0 Å². The number of nitro benzene ring substituents is 1. The van der Waals surface area contributed by atoms with Gasteiger partial charge in [0, 0.05) is 18.8 Å². The van der Waals surface area contributed by atoms with Crippen molar-refractivity contribution in [2.45, 2.75) is 0 Å². The summed E-state index contributed by atoms with van der Waals surface area (Å²) in [6, 6.07) is 10.3. The molecule has 1 amide bonds. The van der Waals surface area contributed by atoms with Gasteiger partial charge in [0.25, 0.3) is 11.6 Å². The van der Waals surface area contributed by atoms with Gasteiger partial charge in [0.15, 0.2) is 0 Å². The number of aromatic hydroxyl groups is 1. The number of rotatable bonds is 4. The summed E-state index contributed by atoms with van der Waals surface area (Å²) in [4.78, 5) is 22.1. The Kier molecular flexibility index (Phi) is 4.03. The van der Waals surface area contributed by atoms with E-state index in [-0.39, 0.29) is 17.1 Å². The van der Waals surface area contributed by atoms with Crippen molar-refractivity contribution in [2.75, 3.05) is 17.7 Å². The van der Waals surface area contributed by atoms with Gasteiger partial charge < -0.3 is 15.7 Å². The maximum atomic E-state index is 12.2. The fourth-order valence-electron chi connectivity index (χ4n) is 1.83. The Morgan fingerprint density at radius 3 is 2.52 bits per heavy atom. The van der Waals surface area contributed by atoms with Gasteiger partial charge in [-0.1, -0.05) is 12.1 Å². The molecule has 21 heavy (non-hydrogen) atoms. The SMILES string of the molecule is CNc1ccccc1C(=O)Nc1ccc([N+](=O)[O-])cc1O. The van der Waals surface area contributed by atoms with Gasteiger partial charge in [-0.3, -0.25) is 14.9 Å². The zero-order chi connectivity index (χ0) is 15.4. The van der Waals surface area contributed by atoms with Crippen molar-refractivity contribution in [1.82, 2.24) is 0 Å². The summed E-state index contributed by atoms with van der Waals surface area (Å²) in [5, 5.41) is 25.7. The normalized spacial score (nSPS) is 9.95. The minimum absolute atomic E-state index is 0.108. The molecule has 0 spiro atoms. The average molecular weight is 287 g/mol. The highest BCUT2D eigenvalue weighted by atomic mass is 16.6. The molecule has 0 atom stereocenters. The van der Waals surface area contributed by atoms with Crippen molar-refractivity contribution in [3.63, 3.8) is 0 Å². The molecule has 2 aromatic carbocycles. The number of hydrogen-bond donors (Lipinski definition) is 3. The third-order valence-corrected chi connectivity index (χ3v) is 2.88. The molecule has 3 N–H and O–H groups in total. The largest absolute Gasteiger partial charge is 0.506 e. The second kappa shape index (κ2) is 5.91. The first-order valence-corrected chi connectivity index (χ1v) is 6.08. The molecule has 7 nitrogen and oxygen atoms in total. The first kappa shape index (κ1) is 14.3. The quantitative estimate of drug-likeness (QED) is 0.455. The lowest BCUT2D eigenvalue weighted by Gasteiger charge is -2.10. The lowest BCUT2D eigenvalue weighted by Crippen LogP contribution is -2.14. The molecular formula is C14H13N3O4. The molecule has 0 unspecified atom stereocenters. The number of benzene rings is 2. The van der Waals surface area contributed by atoms with Crippen LogP contribution in [-0.2, 0) is 0 Å². The monoisotopic (exact) mass is 287 g/mol. The highest BCUT2D eigenvalue weighted by molar-refractivity contribution is 6.08. The standard InChI is InChI=1S/C14H13N3O4/c1-15-11-5-3-2-4-10(11)14(19)16-12-7-6-9(17(20)21)8-13(12)18/h2-8,15,18H,1H3,(H,16,19). The van der Waals surface area contributed by atoms with Crippen LogP contribution < -0.4 is 10.6 Å². The Morgan fingerprint density at radius 2 is 1.90 bits per heavy atom. The molecule has 0 aromatic heterocycles. The Bertz CT molecular complexity index is 700. The summed E-state index contributed by atoms with van der Waals surface area (Å²) >= 11 is 0. The van der Waals surface area contributed by atoms with Crippen molar-refractivity contribution >= 4 is 23.0 Å². The summed E-state index contributed by atoms with van der Waals surface area (Å²) in [5.41, 5.74) is 0.895. The smallest absolute Gasteiger partial charge is 0.273 e. The zero-order valence-electron chi connectivity index (χ0n) is 11.2. The van der Waals surface area contributed by atoms with Gasteiger partial charge in [0.05, 0.1) is 22.2 Å². The van der Waals surface area contributed by atoms with Gasteiger partial charge in [-0.15, -0.1) is 0 Å². The van der Waals surface area contributed by atoms with Gasteiger partial charge in [-0.25, -0.2) is 0 Å². The van der Waals surface area contributed by atoms with E-state index in [1.807, 2.05) is 0 Å². The molecule has 0 aliphatic carbocycles. The Labute approximate surface area is 120 Å². The van der Waals surface area contributed by atoms with Crippen LogP contribution in [0.25, 0.3) is 0 Å². The fraction of sp³-hybridized carbons (Fsp3) is 0.0714. The number of nitro groups is 1.